The van der Waals surface area contributed by atoms with Crippen LogP contribution >= 0.6 is 0 Å². The first-order chi connectivity index (χ1) is 11.6. The van der Waals surface area contributed by atoms with Crippen molar-refractivity contribution in [1.82, 2.24) is 14.7 Å². The summed E-state index contributed by atoms with van der Waals surface area (Å²) in [5.74, 6) is 0.645. The second kappa shape index (κ2) is 6.74. The van der Waals surface area contributed by atoms with Gasteiger partial charge in [0.15, 0.2) is 0 Å². The van der Waals surface area contributed by atoms with E-state index in [0.29, 0.717) is 12.2 Å². The van der Waals surface area contributed by atoms with E-state index in [-0.39, 0.29) is 5.91 Å². The predicted octanol–water partition coefficient (Wildman–Crippen LogP) is 3.14. The molecule has 2 aromatic heterocycles. The number of nitrogens with zero attached hydrogens (tertiary/aromatic N) is 2. The largest absolute Gasteiger partial charge is 0.497 e. The fourth-order valence-corrected chi connectivity index (χ4v) is 2.75. The smallest absolute Gasteiger partial charge is 0.270 e. The Balaban J connectivity index is 1.82. The summed E-state index contributed by atoms with van der Waals surface area (Å²) in [6, 6.07) is 11.7. The van der Waals surface area contributed by atoms with Gasteiger partial charge in [0.25, 0.3) is 5.91 Å². The van der Waals surface area contributed by atoms with Crippen molar-refractivity contribution in [3.8, 4) is 5.75 Å². The molecule has 2 heterocycles. The fourth-order valence-electron chi connectivity index (χ4n) is 2.75. The lowest BCUT2D eigenvalue weighted by Gasteiger charge is -2.08. The number of ether oxygens (including phenoxy) is 1. The molecule has 1 aromatic carbocycles. The average molecular weight is 323 g/mol. The minimum absolute atomic E-state index is 0.132. The van der Waals surface area contributed by atoms with Gasteiger partial charge in [-0.2, -0.15) is 0 Å². The molecule has 0 spiro atoms. The molecule has 0 aliphatic carbocycles. The number of fused-ring (bicyclic) bond motifs is 1. The lowest BCUT2D eigenvalue weighted by atomic mass is 10.2. The van der Waals surface area contributed by atoms with Crippen LogP contribution in [-0.4, -0.2) is 22.4 Å². The van der Waals surface area contributed by atoms with Crippen LogP contribution in [0.5, 0.6) is 5.75 Å². The Morgan fingerprint density at radius 1 is 1.25 bits per heavy atom. The van der Waals surface area contributed by atoms with E-state index in [1.54, 1.807) is 7.11 Å². The Morgan fingerprint density at radius 3 is 2.83 bits per heavy atom. The van der Waals surface area contributed by atoms with Crippen molar-refractivity contribution >= 4 is 11.6 Å². The molecule has 0 aliphatic heterocycles. The van der Waals surface area contributed by atoms with E-state index < -0.39 is 0 Å². The molecule has 0 atom stereocenters. The number of nitrogens with one attached hydrogen (secondary N) is 1. The van der Waals surface area contributed by atoms with Gasteiger partial charge in [-0.3, -0.25) is 9.20 Å². The Labute approximate surface area is 141 Å². The van der Waals surface area contributed by atoms with Crippen LogP contribution in [0, 0.1) is 6.92 Å². The molecule has 5 heteroatoms. The highest BCUT2D eigenvalue weighted by atomic mass is 16.5. The zero-order valence-corrected chi connectivity index (χ0v) is 14.2. The number of hydrogen-bond donors (Lipinski definition) is 1. The van der Waals surface area contributed by atoms with Crippen molar-refractivity contribution in [2.45, 2.75) is 26.8 Å². The summed E-state index contributed by atoms with van der Waals surface area (Å²) < 4.78 is 7.05. The molecule has 1 amide bonds. The average Bonchev–Trinajstić information content (AvgIpc) is 2.94. The van der Waals surface area contributed by atoms with Crippen LogP contribution in [-0.2, 0) is 13.0 Å². The van der Waals surface area contributed by atoms with Crippen LogP contribution in [0.2, 0.25) is 0 Å². The number of aryl methyl sites for hydroxylation is 2. The van der Waals surface area contributed by atoms with E-state index >= 15 is 0 Å². The third-order valence-corrected chi connectivity index (χ3v) is 4.08. The summed E-state index contributed by atoms with van der Waals surface area (Å²) in [6.45, 7) is 4.40. The molecule has 0 aliphatic rings. The van der Waals surface area contributed by atoms with E-state index in [1.807, 2.05) is 53.9 Å². The van der Waals surface area contributed by atoms with Crippen molar-refractivity contribution in [2.75, 3.05) is 7.11 Å². The van der Waals surface area contributed by atoms with E-state index in [0.717, 1.165) is 29.1 Å². The van der Waals surface area contributed by atoms with Crippen LogP contribution in [0.3, 0.4) is 0 Å². The molecule has 124 valence electrons. The molecule has 3 rings (SSSR count). The summed E-state index contributed by atoms with van der Waals surface area (Å²) in [7, 11) is 1.63. The minimum atomic E-state index is -0.132. The maximum Gasteiger partial charge on any atom is 0.270 e. The van der Waals surface area contributed by atoms with Gasteiger partial charge in [0.2, 0.25) is 0 Å². The molecule has 0 unspecified atom stereocenters. The highest BCUT2D eigenvalue weighted by Crippen LogP contribution is 2.15. The number of imidazole rings is 1. The number of carbonyl (C=O) groups is 1. The number of amides is 1. The van der Waals surface area contributed by atoms with Gasteiger partial charge in [0.05, 0.1) is 12.8 Å². The Hall–Kier alpha value is -2.82. The van der Waals surface area contributed by atoms with Gasteiger partial charge >= 0.3 is 0 Å². The van der Waals surface area contributed by atoms with Crippen LogP contribution in [0.4, 0.5) is 0 Å². The first kappa shape index (κ1) is 16.1. The first-order valence-corrected chi connectivity index (χ1v) is 8.01. The van der Waals surface area contributed by atoms with Crippen molar-refractivity contribution in [3.63, 3.8) is 0 Å². The number of hydrogen-bond acceptors (Lipinski definition) is 3. The fraction of sp³-hybridized carbons (Fsp3) is 0.263. The van der Waals surface area contributed by atoms with Crippen molar-refractivity contribution in [1.29, 1.82) is 0 Å². The molecule has 0 bridgehead atoms. The second-order valence-electron chi connectivity index (χ2n) is 5.70. The monoisotopic (exact) mass is 323 g/mol. The van der Waals surface area contributed by atoms with Crippen LogP contribution in [0.15, 0.2) is 42.6 Å². The normalized spacial score (nSPS) is 10.8. The first-order valence-electron chi connectivity index (χ1n) is 8.01. The molecule has 1 N–H and O–H groups in total. The van der Waals surface area contributed by atoms with E-state index in [1.165, 1.54) is 5.56 Å². The molecule has 3 aromatic rings. The molecule has 0 saturated heterocycles. The zero-order valence-electron chi connectivity index (χ0n) is 14.2. The molecule has 0 fully saturated rings. The SMILES string of the molecule is CCc1ccn2c(C(=O)NCc3cccc(OC)c3)c(C)nc2c1. The molecular weight excluding hydrogens is 302 g/mol. The summed E-state index contributed by atoms with van der Waals surface area (Å²) in [5.41, 5.74) is 4.30. The standard InChI is InChI=1S/C19H21N3O2/c1-4-14-8-9-22-17(11-14)21-13(2)18(22)19(23)20-12-15-6-5-7-16(10-15)24-3/h5-11H,4,12H2,1-3H3,(H,20,23). The van der Waals surface area contributed by atoms with Crippen LogP contribution < -0.4 is 10.1 Å². The molecule has 0 saturated carbocycles. The maximum absolute atomic E-state index is 12.6. The van der Waals surface area contributed by atoms with Crippen LogP contribution in [0.1, 0.15) is 34.2 Å². The maximum atomic E-state index is 12.6. The summed E-state index contributed by atoms with van der Waals surface area (Å²) in [4.78, 5) is 17.1. The second-order valence-corrected chi connectivity index (χ2v) is 5.70. The van der Waals surface area contributed by atoms with Crippen LogP contribution in [0.25, 0.3) is 5.65 Å². The zero-order chi connectivity index (χ0) is 17.1. The molecule has 0 radical (unpaired) electrons. The number of pyridine rings is 1. The summed E-state index contributed by atoms with van der Waals surface area (Å²) in [6.07, 6.45) is 2.86. The topological polar surface area (TPSA) is 55.6 Å². The summed E-state index contributed by atoms with van der Waals surface area (Å²) >= 11 is 0. The van der Waals surface area contributed by atoms with E-state index in [4.69, 9.17) is 4.74 Å². The van der Waals surface area contributed by atoms with Crippen molar-refractivity contribution < 1.29 is 9.53 Å². The van der Waals surface area contributed by atoms with Gasteiger partial charge in [-0.15, -0.1) is 0 Å². The quantitative estimate of drug-likeness (QED) is 0.785. The molecular formula is C19H21N3O2. The van der Waals surface area contributed by atoms with E-state index in [2.05, 4.69) is 17.2 Å². The number of carbonyl (C=O) groups excluding carboxylic acids is 1. The highest BCUT2D eigenvalue weighted by molar-refractivity contribution is 5.94. The van der Waals surface area contributed by atoms with Gasteiger partial charge in [-0.25, -0.2) is 4.98 Å². The van der Waals surface area contributed by atoms with E-state index in [9.17, 15) is 4.79 Å². The summed E-state index contributed by atoms with van der Waals surface area (Å²) in [5, 5.41) is 2.96. The molecule has 5 nitrogen and oxygen atoms in total. The highest BCUT2D eigenvalue weighted by Gasteiger charge is 2.16. The lowest BCUT2D eigenvalue weighted by molar-refractivity contribution is 0.0944. The number of methoxy groups -OCH3 is 1. The van der Waals surface area contributed by atoms with Gasteiger partial charge in [-0.05, 0) is 48.7 Å². The van der Waals surface area contributed by atoms with Gasteiger partial charge < -0.3 is 10.1 Å². The van der Waals surface area contributed by atoms with Crippen molar-refractivity contribution in [2.24, 2.45) is 0 Å². The third-order valence-electron chi connectivity index (χ3n) is 4.08. The molecule has 24 heavy (non-hydrogen) atoms. The minimum Gasteiger partial charge on any atom is -0.497 e. The Kier molecular flexibility index (Phi) is 4.51. The predicted molar refractivity (Wildman–Crippen MR) is 93.5 cm³/mol. The van der Waals surface area contributed by atoms with Gasteiger partial charge in [0.1, 0.15) is 17.1 Å². The Morgan fingerprint density at radius 2 is 2.08 bits per heavy atom. The van der Waals surface area contributed by atoms with Crippen molar-refractivity contribution in [3.05, 3.63) is 65.1 Å². The number of benzene rings is 1. The lowest BCUT2D eigenvalue weighted by Crippen LogP contribution is -2.25. The third kappa shape index (κ3) is 3.11. The van der Waals surface area contributed by atoms with Gasteiger partial charge in [-0.1, -0.05) is 19.1 Å². The number of aromatic nitrogens is 2. The number of rotatable bonds is 5. The van der Waals surface area contributed by atoms with Gasteiger partial charge in [0, 0.05) is 12.7 Å². The Bertz CT molecular complexity index is 883.